The summed E-state index contributed by atoms with van der Waals surface area (Å²) < 4.78 is 5.27. The van der Waals surface area contributed by atoms with Gasteiger partial charge in [0.05, 0.1) is 6.42 Å². The molecule has 1 aromatic rings. The number of unbranched alkanes of at least 4 members (excludes halogenated alkanes) is 1. The minimum Gasteiger partial charge on any atom is -0.507 e. The minimum atomic E-state index is -1.39. The summed E-state index contributed by atoms with van der Waals surface area (Å²) in [5.41, 5.74) is 4.34. The predicted octanol–water partition coefficient (Wildman–Crippen LogP) is 3.05. The van der Waals surface area contributed by atoms with Crippen LogP contribution in [0.1, 0.15) is 84.9 Å². The van der Waals surface area contributed by atoms with Gasteiger partial charge in [-0.3, -0.25) is 14.4 Å². The number of benzene rings is 1. The van der Waals surface area contributed by atoms with Crippen LogP contribution >= 0.6 is 0 Å². The summed E-state index contributed by atoms with van der Waals surface area (Å²) >= 11 is 0. The van der Waals surface area contributed by atoms with Crippen LogP contribution in [0, 0.1) is 6.92 Å². The van der Waals surface area contributed by atoms with Gasteiger partial charge in [0.15, 0.2) is 0 Å². The van der Waals surface area contributed by atoms with E-state index in [1.54, 1.807) is 66.7 Å². The number of rotatable bonds is 10. The number of ether oxygens (including phenoxy) is 1. The van der Waals surface area contributed by atoms with E-state index in [9.17, 15) is 24.3 Å². The standard InChI is InChI=1S/C26H42N4O6/c1-9-10-14-28-22(33)20(17-13-11-12-16(2)21(17)32)30(25(3,4)5)23(34)18(15-19(27)31)29-24(35)36-26(6,7)8/h11-13,18,20,32H,9-10,14-15H2,1-8H3,(H2,27,31)(H,28,33)(H,29,35). The molecule has 2 unspecified atom stereocenters. The quantitative estimate of drug-likeness (QED) is 0.358. The number of nitrogens with one attached hydrogen (secondary N) is 2. The lowest BCUT2D eigenvalue weighted by Crippen LogP contribution is -2.59. The Morgan fingerprint density at radius 3 is 2.22 bits per heavy atom. The Morgan fingerprint density at radius 2 is 1.72 bits per heavy atom. The molecule has 0 aromatic heterocycles. The number of para-hydroxylation sites is 1. The second-order valence-electron chi connectivity index (χ2n) is 10.8. The molecule has 1 rings (SSSR count). The number of aryl methyl sites for hydroxylation is 1. The van der Waals surface area contributed by atoms with Crippen LogP contribution in [0.4, 0.5) is 4.79 Å². The van der Waals surface area contributed by atoms with Crippen molar-refractivity contribution in [2.24, 2.45) is 5.73 Å². The van der Waals surface area contributed by atoms with E-state index in [1.807, 2.05) is 6.92 Å². The fourth-order valence-electron chi connectivity index (χ4n) is 3.65. The van der Waals surface area contributed by atoms with Crippen molar-refractivity contribution in [3.05, 3.63) is 29.3 Å². The third-order valence-electron chi connectivity index (χ3n) is 5.25. The van der Waals surface area contributed by atoms with Crippen LogP contribution in [-0.4, -0.2) is 57.5 Å². The molecule has 36 heavy (non-hydrogen) atoms. The van der Waals surface area contributed by atoms with Crippen molar-refractivity contribution in [2.75, 3.05) is 6.54 Å². The Hall–Kier alpha value is -3.30. The Bertz CT molecular complexity index is 949. The lowest BCUT2D eigenvalue weighted by atomic mass is 9.93. The first-order chi connectivity index (χ1) is 16.5. The molecule has 0 spiro atoms. The van der Waals surface area contributed by atoms with Crippen molar-refractivity contribution in [1.29, 1.82) is 0 Å². The summed E-state index contributed by atoms with van der Waals surface area (Å²) in [6.07, 6.45) is 0.169. The number of phenols is 1. The van der Waals surface area contributed by atoms with Crippen LogP contribution in [0.15, 0.2) is 18.2 Å². The summed E-state index contributed by atoms with van der Waals surface area (Å²) in [7, 11) is 0. The number of carbonyl (C=O) groups is 4. The fourth-order valence-corrected chi connectivity index (χ4v) is 3.65. The Balaban J connectivity index is 3.62. The maximum atomic E-state index is 14.0. The molecular weight excluding hydrogens is 464 g/mol. The van der Waals surface area contributed by atoms with Crippen LogP contribution in [-0.2, 0) is 19.1 Å². The highest BCUT2D eigenvalue weighted by molar-refractivity contribution is 5.95. The normalized spacial score (nSPS) is 13.3. The van der Waals surface area contributed by atoms with E-state index in [1.165, 1.54) is 4.90 Å². The third-order valence-corrected chi connectivity index (χ3v) is 5.25. The molecule has 0 saturated heterocycles. The Kier molecular flexibility index (Phi) is 10.8. The number of aromatic hydroxyl groups is 1. The minimum absolute atomic E-state index is 0.123. The summed E-state index contributed by atoms with van der Waals surface area (Å²) in [4.78, 5) is 53.1. The van der Waals surface area contributed by atoms with E-state index in [4.69, 9.17) is 10.5 Å². The van der Waals surface area contributed by atoms with Gasteiger partial charge in [0.2, 0.25) is 17.7 Å². The fraction of sp³-hybridized carbons (Fsp3) is 0.615. The maximum absolute atomic E-state index is 14.0. The zero-order valence-electron chi connectivity index (χ0n) is 22.7. The second kappa shape index (κ2) is 12.6. The van der Waals surface area contributed by atoms with Crippen molar-refractivity contribution in [3.63, 3.8) is 0 Å². The maximum Gasteiger partial charge on any atom is 0.408 e. The molecule has 0 bridgehead atoms. The van der Waals surface area contributed by atoms with E-state index in [0.717, 1.165) is 12.8 Å². The molecule has 10 nitrogen and oxygen atoms in total. The molecule has 2 atom stereocenters. The first-order valence-electron chi connectivity index (χ1n) is 12.2. The molecule has 10 heteroatoms. The monoisotopic (exact) mass is 506 g/mol. The van der Waals surface area contributed by atoms with Crippen molar-refractivity contribution in [2.45, 2.75) is 97.9 Å². The number of alkyl carbamates (subject to hydrolysis) is 1. The van der Waals surface area contributed by atoms with Gasteiger partial charge in [-0.05, 0) is 60.5 Å². The molecule has 0 saturated carbocycles. The third kappa shape index (κ3) is 9.05. The lowest BCUT2D eigenvalue weighted by Gasteiger charge is -2.43. The zero-order valence-corrected chi connectivity index (χ0v) is 22.7. The Morgan fingerprint density at radius 1 is 1.11 bits per heavy atom. The van der Waals surface area contributed by atoms with E-state index in [0.29, 0.717) is 12.1 Å². The molecule has 0 fully saturated rings. The van der Waals surface area contributed by atoms with Crippen LogP contribution in [0.3, 0.4) is 0 Å². The van der Waals surface area contributed by atoms with Crippen molar-refractivity contribution in [1.82, 2.24) is 15.5 Å². The van der Waals surface area contributed by atoms with Crippen LogP contribution in [0.5, 0.6) is 5.75 Å². The lowest BCUT2D eigenvalue weighted by molar-refractivity contribution is -0.149. The number of nitrogens with two attached hydrogens (primary N) is 1. The molecule has 0 aliphatic heterocycles. The van der Waals surface area contributed by atoms with Gasteiger partial charge in [-0.15, -0.1) is 0 Å². The number of hydrogen-bond acceptors (Lipinski definition) is 6. The van der Waals surface area contributed by atoms with E-state index < -0.39 is 53.5 Å². The van der Waals surface area contributed by atoms with Crippen molar-refractivity contribution >= 4 is 23.8 Å². The first-order valence-corrected chi connectivity index (χ1v) is 12.2. The van der Waals surface area contributed by atoms with Gasteiger partial charge in [0.1, 0.15) is 23.4 Å². The zero-order chi connectivity index (χ0) is 27.8. The van der Waals surface area contributed by atoms with Gasteiger partial charge >= 0.3 is 6.09 Å². The van der Waals surface area contributed by atoms with E-state index >= 15 is 0 Å². The molecule has 0 aliphatic carbocycles. The van der Waals surface area contributed by atoms with Crippen molar-refractivity contribution < 1.29 is 29.0 Å². The molecule has 0 heterocycles. The molecule has 4 amide bonds. The highest BCUT2D eigenvalue weighted by Crippen LogP contribution is 2.36. The second-order valence-corrected chi connectivity index (χ2v) is 10.8. The van der Waals surface area contributed by atoms with Crippen LogP contribution < -0.4 is 16.4 Å². The van der Waals surface area contributed by atoms with Crippen LogP contribution in [0.2, 0.25) is 0 Å². The largest absolute Gasteiger partial charge is 0.507 e. The molecule has 0 aliphatic rings. The van der Waals surface area contributed by atoms with Crippen molar-refractivity contribution in [3.8, 4) is 5.75 Å². The van der Waals surface area contributed by atoms with Gasteiger partial charge < -0.3 is 31.1 Å². The molecule has 1 aromatic carbocycles. The highest BCUT2D eigenvalue weighted by Gasteiger charge is 2.43. The number of primary amides is 1. The van der Waals surface area contributed by atoms with Crippen LogP contribution in [0.25, 0.3) is 0 Å². The first kappa shape index (κ1) is 30.7. The number of nitrogens with zero attached hydrogens (tertiary/aromatic N) is 1. The molecule has 0 radical (unpaired) electrons. The topological polar surface area (TPSA) is 151 Å². The number of amides is 4. The number of phenolic OH excluding ortho intramolecular Hbond substituents is 1. The highest BCUT2D eigenvalue weighted by atomic mass is 16.6. The van der Waals surface area contributed by atoms with Gasteiger partial charge in [0.25, 0.3) is 0 Å². The van der Waals surface area contributed by atoms with Gasteiger partial charge in [-0.2, -0.15) is 0 Å². The summed E-state index contributed by atoms with van der Waals surface area (Å²) in [5, 5.41) is 16.1. The smallest absolute Gasteiger partial charge is 0.408 e. The summed E-state index contributed by atoms with van der Waals surface area (Å²) in [6, 6.07) is 2.30. The molecule has 5 N–H and O–H groups in total. The van der Waals surface area contributed by atoms with Gasteiger partial charge in [0, 0.05) is 17.6 Å². The summed E-state index contributed by atoms with van der Waals surface area (Å²) in [6.45, 7) is 14.2. The Labute approximate surface area is 213 Å². The predicted molar refractivity (Wildman–Crippen MR) is 137 cm³/mol. The average Bonchev–Trinajstić information content (AvgIpc) is 2.70. The van der Waals surface area contributed by atoms with Gasteiger partial charge in [-0.1, -0.05) is 31.5 Å². The molecular formula is C26H42N4O6. The van der Waals surface area contributed by atoms with E-state index in [2.05, 4.69) is 10.6 Å². The van der Waals surface area contributed by atoms with Gasteiger partial charge in [-0.25, -0.2) is 4.79 Å². The SMILES string of the molecule is CCCCNC(=O)C(c1cccc(C)c1O)N(C(=O)C(CC(N)=O)NC(=O)OC(C)(C)C)C(C)(C)C. The number of hydrogen-bond donors (Lipinski definition) is 4. The summed E-state index contributed by atoms with van der Waals surface area (Å²) in [5.74, 6) is -2.16. The molecule has 202 valence electrons. The van der Waals surface area contributed by atoms with E-state index in [-0.39, 0.29) is 11.3 Å². The number of carbonyl (C=O) groups excluding carboxylic acids is 4. The average molecular weight is 507 g/mol.